The minimum absolute atomic E-state index is 0.188. The van der Waals surface area contributed by atoms with Crippen molar-refractivity contribution in [1.82, 2.24) is 0 Å². The van der Waals surface area contributed by atoms with Crippen LogP contribution in [0.1, 0.15) is 28.4 Å². The summed E-state index contributed by atoms with van der Waals surface area (Å²) in [5.41, 5.74) is 2.85. The summed E-state index contributed by atoms with van der Waals surface area (Å²) < 4.78 is 0. The fourth-order valence-corrected chi connectivity index (χ4v) is 2.36. The van der Waals surface area contributed by atoms with Gasteiger partial charge in [-0.05, 0) is 43.5 Å². The van der Waals surface area contributed by atoms with E-state index in [2.05, 4.69) is 6.58 Å². The van der Waals surface area contributed by atoms with Gasteiger partial charge in [0.25, 0.3) is 0 Å². The molecule has 0 radical (unpaired) electrons. The van der Waals surface area contributed by atoms with Crippen LogP contribution in [0.5, 0.6) is 5.75 Å². The van der Waals surface area contributed by atoms with E-state index in [-0.39, 0.29) is 17.5 Å². The molecule has 2 N–H and O–H groups in total. The first kappa shape index (κ1) is 11.9. The van der Waals surface area contributed by atoms with Crippen LogP contribution in [0.15, 0.2) is 24.3 Å². The van der Waals surface area contributed by atoms with Gasteiger partial charge in [0.2, 0.25) is 0 Å². The number of hydrogen-bond acceptors (Lipinski definition) is 3. The lowest BCUT2D eigenvalue weighted by molar-refractivity contribution is 0.0618. The molecular weight excluding hydrogens is 216 g/mol. The number of fused-ring (bicyclic) bond motifs is 1. The molecule has 3 nitrogen and oxygen atoms in total. The lowest BCUT2D eigenvalue weighted by Crippen LogP contribution is -2.37. The van der Waals surface area contributed by atoms with E-state index in [1.807, 2.05) is 6.92 Å². The summed E-state index contributed by atoms with van der Waals surface area (Å²) >= 11 is 0. The maximum Gasteiger partial charge on any atom is 0.192 e. The van der Waals surface area contributed by atoms with Crippen LogP contribution in [-0.2, 0) is 6.42 Å². The molecule has 0 saturated carbocycles. The Kier molecular flexibility index (Phi) is 2.79. The first-order valence-electron chi connectivity index (χ1n) is 5.62. The molecule has 0 aromatic heterocycles. The van der Waals surface area contributed by atoms with E-state index in [1.165, 1.54) is 6.07 Å². The zero-order valence-corrected chi connectivity index (χ0v) is 10.0. The molecule has 0 saturated heterocycles. The number of phenols is 1. The van der Waals surface area contributed by atoms with Crippen molar-refractivity contribution < 1.29 is 15.0 Å². The fourth-order valence-electron chi connectivity index (χ4n) is 2.36. The van der Waals surface area contributed by atoms with Crippen LogP contribution in [0.25, 0.3) is 0 Å². The Morgan fingerprint density at radius 3 is 2.71 bits per heavy atom. The number of aromatic hydroxyl groups is 1. The molecule has 1 aliphatic carbocycles. The van der Waals surface area contributed by atoms with Crippen LogP contribution >= 0.6 is 0 Å². The molecular formula is C14H16O3. The number of hydrogen-bond donors (Lipinski definition) is 2. The minimum atomic E-state index is -1.01. The lowest BCUT2D eigenvalue weighted by atomic mass is 9.76. The summed E-state index contributed by atoms with van der Waals surface area (Å²) in [4.78, 5) is 12.0. The fraction of sp³-hybridized carbons (Fsp3) is 0.357. The van der Waals surface area contributed by atoms with Crippen molar-refractivity contribution in [1.29, 1.82) is 0 Å². The van der Waals surface area contributed by atoms with Gasteiger partial charge in [-0.2, -0.15) is 0 Å². The van der Waals surface area contributed by atoms with Gasteiger partial charge in [0, 0.05) is 11.5 Å². The van der Waals surface area contributed by atoms with Crippen LogP contribution in [0.3, 0.4) is 0 Å². The van der Waals surface area contributed by atoms with Crippen LogP contribution in [0.2, 0.25) is 0 Å². The molecule has 0 fully saturated rings. The van der Waals surface area contributed by atoms with Gasteiger partial charge >= 0.3 is 0 Å². The predicted octanol–water partition coefficient (Wildman–Crippen LogP) is 1.99. The van der Waals surface area contributed by atoms with Crippen molar-refractivity contribution in [3.8, 4) is 5.75 Å². The molecule has 2 atom stereocenters. The van der Waals surface area contributed by atoms with E-state index in [0.717, 1.165) is 11.1 Å². The Morgan fingerprint density at radius 2 is 2.12 bits per heavy atom. The van der Waals surface area contributed by atoms with E-state index in [1.54, 1.807) is 13.0 Å². The molecule has 1 aromatic carbocycles. The summed E-state index contributed by atoms with van der Waals surface area (Å²) in [7, 11) is 0. The molecule has 3 heteroatoms. The van der Waals surface area contributed by atoms with Crippen molar-refractivity contribution in [2.24, 2.45) is 5.92 Å². The van der Waals surface area contributed by atoms with Crippen LogP contribution < -0.4 is 0 Å². The number of aliphatic hydroxyl groups excluding tert-OH is 1. The third kappa shape index (κ3) is 1.76. The van der Waals surface area contributed by atoms with Crippen molar-refractivity contribution in [3.63, 3.8) is 0 Å². The molecule has 0 amide bonds. The Hall–Kier alpha value is -1.61. The number of aliphatic hydroxyl groups is 1. The number of phenolic OH excluding ortho intramolecular Hbond substituents is 1. The molecule has 17 heavy (non-hydrogen) atoms. The average molecular weight is 232 g/mol. The van der Waals surface area contributed by atoms with E-state index < -0.39 is 6.10 Å². The molecule has 0 spiro atoms. The highest BCUT2D eigenvalue weighted by atomic mass is 16.3. The molecule has 0 unspecified atom stereocenters. The maximum absolute atomic E-state index is 12.0. The minimum Gasteiger partial charge on any atom is -0.508 e. The van der Waals surface area contributed by atoms with Crippen molar-refractivity contribution in [2.75, 3.05) is 0 Å². The molecule has 2 rings (SSSR count). The van der Waals surface area contributed by atoms with Gasteiger partial charge in [-0.3, -0.25) is 4.79 Å². The summed E-state index contributed by atoms with van der Waals surface area (Å²) in [6.45, 7) is 7.41. The highest BCUT2D eigenvalue weighted by Gasteiger charge is 2.35. The zero-order valence-electron chi connectivity index (χ0n) is 10.0. The number of benzene rings is 1. The third-order valence-electron chi connectivity index (χ3n) is 3.54. The molecule has 1 aliphatic rings. The van der Waals surface area contributed by atoms with Gasteiger partial charge in [0.1, 0.15) is 11.9 Å². The largest absolute Gasteiger partial charge is 0.508 e. The molecule has 1 aromatic rings. The number of carbonyl (C=O) groups excluding carboxylic acids is 1. The summed E-state index contributed by atoms with van der Waals surface area (Å²) in [6.07, 6.45) is -0.457. The number of Topliss-reactive ketones (excluding diaryl/α,β-unsaturated/α-hetero) is 1. The lowest BCUT2D eigenvalue weighted by Gasteiger charge is -2.30. The van der Waals surface area contributed by atoms with E-state index >= 15 is 0 Å². The number of rotatable bonds is 1. The van der Waals surface area contributed by atoms with Crippen LogP contribution in [-0.4, -0.2) is 22.1 Å². The van der Waals surface area contributed by atoms with Crippen LogP contribution in [0.4, 0.5) is 0 Å². The summed E-state index contributed by atoms with van der Waals surface area (Å²) in [5.74, 6) is -0.341. The maximum atomic E-state index is 12.0. The Bertz CT molecular complexity index is 502. The average Bonchev–Trinajstić information content (AvgIpc) is 2.28. The van der Waals surface area contributed by atoms with E-state index in [0.29, 0.717) is 17.5 Å². The van der Waals surface area contributed by atoms with Crippen molar-refractivity contribution in [2.45, 2.75) is 26.4 Å². The first-order chi connectivity index (χ1) is 7.93. The third-order valence-corrected chi connectivity index (χ3v) is 3.54. The second-order valence-electron chi connectivity index (χ2n) is 4.70. The Morgan fingerprint density at radius 1 is 1.47 bits per heavy atom. The standard InChI is InChI=1S/C14H16O3/c1-7(2)10-6-11-8(3)12(15)5-4-9(11)13(16)14(10)17/h4-5,10,14-15,17H,1,6H2,2-3H3/t10-,14-/m1/s1. The molecule has 0 heterocycles. The van der Waals surface area contributed by atoms with Gasteiger partial charge in [0.15, 0.2) is 5.78 Å². The summed E-state index contributed by atoms with van der Waals surface area (Å²) in [6, 6.07) is 3.08. The monoisotopic (exact) mass is 232 g/mol. The highest BCUT2D eigenvalue weighted by molar-refractivity contribution is 6.02. The number of carbonyl (C=O) groups is 1. The highest BCUT2D eigenvalue weighted by Crippen LogP contribution is 2.34. The first-order valence-corrected chi connectivity index (χ1v) is 5.62. The van der Waals surface area contributed by atoms with Gasteiger partial charge < -0.3 is 10.2 Å². The zero-order chi connectivity index (χ0) is 12.7. The normalized spacial score (nSPS) is 23.4. The van der Waals surface area contributed by atoms with Crippen molar-refractivity contribution in [3.05, 3.63) is 41.0 Å². The summed E-state index contributed by atoms with van der Waals surface area (Å²) in [5, 5.41) is 19.6. The smallest absolute Gasteiger partial charge is 0.192 e. The van der Waals surface area contributed by atoms with Gasteiger partial charge in [-0.1, -0.05) is 12.2 Å². The predicted molar refractivity (Wildman–Crippen MR) is 65.2 cm³/mol. The second kappa shape index (κ2) is 4.00. The van der Waals surface area contributed by atoms with E-state index in [9.17, 15) is 15.0 Å². The van der Waals surface area contributed by atoms with Crippen LogP contribution in [0, 0.1) is 12.8 Å². The molecule has 0 aliphatic heterocycles. The topological polar surface area (TPSA) is 57.5 Å². The quantitative estimate of drug-likeness (QED) is 0.728. The molecule has 0 bridgehead atoms. The van der Waals surface area contributed by atoms with Gasteiger partial charge in [0.05, 0.1) is 0 Å². The second-order valence-corrected chi connectivity index (χ2v) is 4.70. The Balaban J connectivity index is 2.57. The SMILES string of the molecule is C=C(C)[C@H]1Cc2c(ccc(O)c2C)C(=O)[C@@H]1O. The Labute approximate surface area is 100 Å². The van der Waals surface area contributed by atoms with Gasteiger partial charge in [-0.15, -0.1) is 0 Å². The number of ketones is 1. The van der Waals surface area contributed by atoms with E-state index in [4.69, 9.17) is 0 Å². The van der Waals surface area contributed by atoms with Gasteiger partial charge in [-0.25, -0.2) is 0 Å². The van der Waals surface area contributed by atoms with Crippen molar-refractivity contribution >= 4 is 5.78 Å². The molecule has 90 valence electrons.